The number of hydrogen-bond acceptors (Lipinski definition) is 2. The molecule has 128 valence electrons. The predicted octanol–water partition coefficient (Wildman–Crippen LogP) is 3.80. The molecule has 0 aliphatic rings. The first kappa shape index (κ1) is 16.8. The second-order valence-electron chi connectivity index (χ2n) is 5.92. The number of pyridine rings is 1. The summed E-state index contributed by atoms with van der Waals surface area (Å²) in [6.45, 7) is 7.18. The van der Waals surface area contributed by atoms with Gasteiger partial charge in [0.25, 0.3) is 0 Å². The Hall–Kier alpha value is -3.02. The monoisotopic (exact) mass is 341 g/mol. The Bertz CT molecular complexity index is 1020. The minimum absolute atomic E-state index is 0.0520. The molecule has 0 spiro atoms. The average Bonchev–Trinajstić information content (AvgIpc) is 2.84. The number of nitrogens with one attached hydrogen (secondary N) is 1. The van der Waals surface area contributed by atoms with E-state index in [0.717, 1.165) is 11.3 Å². The van der Waals surface area contributed by atoms with Crippen molar-refractivity contribution in [2.75, 3.05) is 0 Å². The number of nitrogens with two attached hydrogens (primary N) is 1. The Morgan fingerprint density at radius 2 is 2.12 bits per heavy atom. The van der Waals surface area contributed by atoms with E-state index < -0.39 is 17.5 Å². The molecule has 0 atom stereocenters. The van der Waals surface area contributed by atoms with E-state index in [1.807, 2.05) is 13.8 Å². The SMILES string of the molecule is C=Cc1nccc(-c2c(F)cc(CC(N)=O)c3[nH]c(C)c(C)c23)c1F. The van der Waals surface area contributed by atoms with Crippen LogP contribution in [0.3, 0.4) is 0 Å². The van der Waals surface area contributed by atoms with Crippen molar-refractivity contribution < 1.29 is 13.6 Å². The molecule has 3 N–H and O–H groups in total. The van der Waals surface area contributed by atoms with Crippen molar-refractivity contribution in [3.8, 4) is 11.1 Å². The number of rotatable bonds is 4. The molecule has 0 aliphatic carbocycles. The van der Waals surface area contributed by atoms with Crippen LogP contribution >= 0.6 is 0 Å². The van der Waals surface area contributed by atoms with E-state index in [1.54, 1.807) is 0 Å². The van der Waals surface area contributed by atoms with Gasteiger partial charge in [-0.05, 0) is 43.2 Å². The normalized spacial score (nSPS) is 11.0. The number of amides is 1. The highest BCUT2D eigenvalue weighted by Gasteiger charge is 2.22. The van der Waals surface area contributed by atoms with Gasteiger partial charge in [0.2, 0.25) is 5.91 Å². The van der Waals surface area contributed by atoms with Gasteiger partial charge in [0, 0.05) is 28.4 Å². The summed E-state index contributed by atoms with van der Waals surface area (Å²) in [5, 5.41) is 0.536. The lowest BCUT2D eigenvalue weighted by atomic mass is 9.94. The van der Waals surface area contributed by atoms with E-state index in [9.17, 15) is 13.6 Å². The second kappa shape index (κ2) is 6.12. The number of hydrogen-bond donors (Lipinski definition) is 2. The van der Waals surface area contributed by atoms with Crippen LogP contribution in [0.1, 0.15) is 22.5 Å². The lowest BCUT2D eigenvalue weighted by Gasteiger charge is -2.12. The first-order valence-corrected chi connectivity index (χ1v) is 7.71. The van der Waals surface area contributed by atoms with E-state index >= 15 is 0 Å². The van der Waals surface area contributed by atoms with Gasteiger partial charge in [-0.25, -0.2) is 8.78 Å². The smallest absolute Gasteiger partial charge is 0.221 e. The molecule has 1 amide bonds. The maximum absolute atomic E-state index is 14.9. The fraction of sp³-hybridized carbons (Fsp3) is 0.158. The molecule has 0 aliphatic heterocycles. The molecule has 3 aromatic rings. The summed E-state index contributed by atoms with van der Waals surface area (Å²) in [6, 6.07) is 2.65. The third kappa shape index (κ3) is 2.69. The Balaban J connectivity index is 2.43. The Labute approximate surface area is 143 Å². The number of carbonyl (C=O) groups is 1. The first-order chi connectivity index (χ1) is 11.8. The number of fused-ring (bicyclic) bond motifs is 1. The van der Waals surface area contributed by atoms with Gasteiger partial charge >= 0.3 is 0 Å². The van der Waals surface area contributed by atoms with Crippen LogP contribution in [0.5, 0.6) is 0 Å². The van der Waals surface area contributed by atoms with Crippen LogP contribution in [0.25, 0.3) is 28.1 Å². The number of nitrogens with zero attached hydrogens (tertiary/aromatic N) is 1. The average molecular weight is 341 g/mol. The molecule has 25 heavy (non-hydrogen) atoms. The van der Waals surface area contributed by atoms with Crippen molar-refractivity contribution in [2.45, 2.75) is 20.3 Å². The van der Waals surface area contributed by atoms with Crippen LogP contribution in [0.2, 0.25) is 0 Å². The summed E-state index contributed by atoms with van der Waals surface area (Å²) < 4.78 is 29.7. The molecular weight excluding hydrogens is 324 g/mol. The molecule has 0 unspecified atom stereocenters. The number of aromatic nitrogens is 2. The largest absolute Gasteiger partial charge is 0.369 e. The molecule has 3 rings (SSSR count). The van der Waals surface area contributed by atoms with E-state index in [2.05, 4.69) is 16.5 Å². The Kier molecular flexibility index (Phi) is 4.12. The molecule has 2 aromatic heterocycles. The zero-order valence-electron chi connectivity index (χ0n) is 13.9. The number of carbonyl (C=O) groups excluding carboxylic acids is 1. The van der Waals surface area contributed by atoms with Crippen LogP contribution < -0.4 is 5.73 Å². The third-order valence-electron chi connectivity index (χ3n) is 4.35. The molecule has 0 bridgehead atoms. The molecule has 0 radical (unpaired) electrons. The number of aromatic amines is 1. The summed E-state index contributed by atoms with van der Waals surface area (Å²) in [6.07, 6.45) is 2.58. The Morgan fingerprint density at radius 1 is 1.40 bits per heavy atom. The fourth-order valence-electron chi connectivity index (χ4n) is 3.07. The van der Waals surface area contributed by atoms with Crippen LogP contribution in [0.4, 0.5) is 8.78 Å². The summed E-state index contributed by atoms with van der Waals surface area (Å²) in [7, 11) is 0. The van der Waals surface area contributed by atoms with Crippen molar-refractivity contribution in [1.29, 1.82) is 0 Å². The number of aryl methyl sites for hydroxylation is 2. The minimum Gasteiger partial charge on any atom is -0.369 e. The maximum atomic E-state index is 14.9. The van der Waals surface area contributed by atoms with Gasteiger partial charge in [-0.3, -0.25) is 9.78 Å². The highest BCUT2D eigenvalue weighted by Crippen LogP contribution is 2.38. The topological polar surface area (TPSA) is 71.8 Å². The lowest BCUT2D eigenvalue weighted by molar-refractivity contribution is -0.117. The van der Waals surface area contributed by atoms with Gasteiger partial charge in [0.05, 0.1) is 17.6 Å². The van der Waals surface area contributed by atoms with Gasteiger partial charge in [0.15, 0.2) is 5.82 Å². The zero-order chi connectivity index (χ0) is 18.3. The summed E-state index contributed by atoms with van der Waals surface area (Å²) in [5.41, 5.74) is 8.17. The molecule has 0 fully saturated rings. The highest BCUT2D eigenvalue weighted by molar-refractivity contribution is 6.01. The van der Waals surface area contributed by atoms with E-state index in [-0.39, 0.29) is 23.2 Å². The number of H-pyrrole nitrogens is 1. The fourth-order valence-corrected chi connectivity index (χ4v) is 3.07. The Morgan fingerprint density at radius 3 is 2.76 bits per heavy atom. The van der Waals surface area contributed by atoms with Gasteiger partial charge in [0.1, 0.15) is 5.82 Å². The van der Waals surface area contributed by atoms with Crippen molar-refractivity contribution in [1.82, 2.24) is 9.97 Å². The molecule has 0 saturated carbocycles. The van der Waals surface area contributed by atoms with Crippen LogP contribution in [0, 0.1) is 25.5 Å². The van der Waals surface area contributed by atoms with Crippen LogP contribution in [-0.2, 0) is 11.2 Å². The zero-order valence-corrected chi connectivity index (χ0v) is 13.9. The molecule has 4 nitrogen and oxygen atoms in total. The molecule has 1 aromatic carbocycles. The van der Waals surface area contributed by atoms with Crippen molar-refractivity contribution in [3.63, 3.8) is 0 Å². The van der Waals surface area contributed by atoms with Gasteiger partial charge in [-0.2, -0.15) is 0 Å². The lowest BCUT2D eigenvalue weighted by Crippen LogP contribution is -2.14. The predicted molar refractivity (Wildman–Crippen MR) is 93.9 cm³/mol. The number of primary amides is 1. The quantitative estimate of drug-likeness (QED) is 0.758. The van der Waals surface area contributed by atoms with Gasteiger partial charge in [-0.15, -0.1) is 0 Å². The highest BCUT2D eigenvalue weighted by atomic mass is 19.1. The summed E-state index contributed by atoms with van der Waals surface area (Å²) in [5.74, 6) is -1.83. The van der Waals surface area contributed by atoms with Crippen LogP contribution in [-0.4, -0.2) is 15.9 Å². The van der Waals surface area contributed by atoms with Crippen LogP contribution in [0.15, 0.2) is 24.9 Å². The molecular formula is C19H17F2N3O. The van der Waals surface area contributed by atoms with Crippen molar-refractivity contribution >= 4 is 22.9 Å². The second-order valence-corrected chi connectivity index (χ2v) is 5.92. The van der Waals surface area contributed by atoms with Gasteiger partial charge < -0.3 is 10.7 Å². The maximum Gasteiger partial charge on any atom is 0.221 e. The van der Waals surface area contributed by atoms with Gasteiger partial charge in [-0.1, -0.05) is 6.58 Å². The van der Waals surface area contributed by atoms with E-state index in [4.69, 9.17) is 5.73 Å². The summed E-state index contributed by atoms with van der Waals surface area (Å²) in [4.78, 5) is 18.4. The van der Waals surface area contributed by atoms with E-state index in [1.165, 1.54) is 24.4 Å². The standard InChI is InChI=1S/C19H17F2N3O/c1-4-14-18(21)12(5-6-23-14)17-13(20)7-11(8-15(22)25)19-16(17)9(2)10(3)24-19/h4-7,24H,1,8H2,2-3H3,(H2,22,25). The molecule has 6 heteroatoms. The molecule has 0 saturated heterocycles. The number of benzene rings is 1. The number of halogens is 2. The summed E-state index contributed by atoms with van der Waals surface area (Å²) >= 11 is 0. The molecule has 2 heterocycles. The van der Waals surface area contributed by atoms with Crippen molar-refractivity contribution in [2.24, 2.45) is 5.73 Å². The van der Waals surface area contributed by atoms with Crippen molar-refractivity contribution in [3.05, 3.63) is 59.1 Å². The minimum atomic E-state index is -0.640. The first-order valence-electron chi connectivity index (χ1n) is 7.71. The van der Waals surface area contributed by atoms with E-state index in [0.29, 0.717) is 16.5 Å². The third-order valence-corrected chi connectivity index (χ3v) is 4.35.